The first-order valence-electron chi connectivity index (χ1n) is 5.81. The van der Waals surface area contributed by atoms with Gasteiger partial charge in [-0.3, -0.25) is 4.79 Å². The van der Waals surface area contributed by atoms with E-state index in [9.17, 15) is 4.79 Å². The van der Waals surface area contributed by atoms with E-state index < -0.39 is 0 Å². The summed E-state index contributed by atoms with van der Waals surface area (Å²) in [6, 6.07) is 0. The molecule has 0 radical (unpaired) electrons. The first kappa shape index (κ1) is 10.7. The lowest BCUT2D eigenvalue weighted by Crippen LogP contribution is -2.04. The van der Waals surface area contributed by atoms with Gasteiger partial charge in [0.25, 0.3) is 0 Å². The minimum atomic E-state index is 0.495. The molecule has 0 aliphatic heterocycles. The maximum absolute atomic E-state index is 11.4. The van der Waals surface area contributed by atoms with E-state index in [1.165, 1.54) is 38.5 Å². The van der Waals surface area contributed by atoms with Gasteiger partial charge in [0.05, 0.1) is 0 Å². The van der Waals surface area contributed by atoms with Crippen molar-refractivity contribution in [1.29, 1.82) is 0 Å². The van der Waals surface area contributed by atoms with Crippen LogP contribution in [0.3, 0.4) is 0 Å². The minimum absolute atomic E-state index is 0.495. The van der Waals surface area contributed by atoms with E-state index in [0.29, 0.717) is 11.7 Å². The first-order valence-corrected chi connectivity index (χ1v) is 5.81. The number of hydrogen-bond donors (Lipinski definition) is 0. The van der Waals surface area contributed by atoms with Crippen molar-refractivity contribution in [3.05, 3.63) is 0 Å². The summed E-state index contributed by atoms with van der Waals surface area (Å²) in [5.41, 5.74) is 0. The average Bonchev–Trinajstić information content (AvgIpc) is 2.11. The van der Waals surface area contributed by atoms with Crippen LogP contribution < -0.4 is 0 Å². The molecular weight excluding hydrogens is 160 g/mol. The van der Waals surface area contributed by atoms with Crippen LogP contribution in [0.4, 0.5) is 0 Å². The van der Waals surface area contributed by atoms with Gasteiger partial charge in [0.1, 0.15) is 5.78 Å². The van der Waals surface area contributed by atoms with Crippen LogP contribution in [-0.2, 0) is 4.79 Å². The molecule has 1 nitrogen and oxygen atoms in total. The third-order valence-corrected chi connectivity index (χ3v) is 2.98. The van der Waals surface area contributed by atoms with Crippen molar-refractivity contribution in [2.75, 3.05) is 0 Å². The molecule has 1 rings (SSSR count). The Bertz CT molecular complexity index is 151. The quantitative estimate of drug-likeness (QED) is 0.558. The zero-order valence-electron chi connectivity index (χ0n) is 8.85. The van der Waals surface area contributed by atoms with Crippen LogP contribution in [0.1, 0.15) is 64.7 Å². The molecule has 1 aliphatic carbocycles. The monoisotopic (exact) mass is 182 g/mol. The highest BCUT2D eigenvalue weighted by molar-refractivity contribution is 5.78. The van der Waals surface area contributed by atoms with Gasteiger partial charge >= 0.3 is 0 Å². The minimum Gasteiger partial charge on any atom is -0.300 e. The number of carbonyl (C=O) groups excluding carboxylic acids is 1. The first-order chi connectivity index (χ1) is 6.29. The lowest BCUT2D eigenvalue weighted by atomic mass is 9.97. The molecule has 0 N–H and O–H groups in total. The highest BCUT2D eigenvalue weighted by Crippen LogP contribution is 2.18. The number of rotatable bonds is 0. The predicted molar refractivity (Wildman–Crippen MR) is 55.7 cm³/mol. The molecule has 1 fully saturated rings. The van der Waals surface area contributed by atoms with Crippen molar-refractivity contribution in [2.45, 2.75) is 64.7 Å². The maximum atomic E-state index is 11.4. The van der Waals surface area contributed by atoms with Crippen LogP contribution in [0, 0.1) is 5.92 Å². The molecule has 1 heteroatoms. The van der Waals surface area contributed by atoms with Crippen molar-refractivity contribution >= 4 is 5.78 Å². The Kier molecular flexibility index (Phi) is 5.10. The fourth-order valence-corrected chi connectivity index (χ4v) is 2.11. The Labute approximate surface area is 81.9 Å². The average molecular weight is 182 g/mol. The fraction of sp³-hybridized carbons (Fsp3) is 0.917. The van der Waals surface area contributed by atoms with Crippen LogP contribution in [-0.4, -0.2) is 5.78 Å². The number of carbonyl (C=O) groups is 1. The molecule has 0 aromatic carbocycles. The molecule has 0 spiro atoms. The summed E-state index contributed by atoms with van der Waals surface area (Å²) in [5.74, 6) is 1.12. The zero-order chi connectivity index (χ0) is 9.52. The number of hydrogen-bond acceptors (Lipinski definition) is 1. The van der Waals surface area contributed by atoms with Crippen LogP contribution in [0.25, 0.3) is 0 Å². The van der Waals surface area contributed by atoms with Gasteiger partial charge in [-0.1, -0.05) is 45.4 Å². The SMILES string of the molecule is C[C@H]1CCCCCCCCC(=O)C1. The van der Waals surface area contributed by atoms with Gasteiger partial charge in [0.2, 0.25) is 0 Å². The van der Waals surface area contributed by atoms with Crippen molar-refractivity contribution in [1.82, 2.24) is 0 Å². The number of ketones is 1. The van der Waals surface area contributed by atoms with Crippen LogP contribution >= 0.6 is 0 Å². The van der Waals surface area contributed by atoms with E-state index in [2.05, 4.69) is 6.92 Å². The van der Waals surface area contributed by atoms with Gasteiger partial charge in [0.15, 0.2) is 0 Å². The predicted octanol–water partition coefficient (Wildman–Crippen LogP) is 3.72. The molecule has 0 aromatic rings. The second kappa shape index (κ2) is 6.17. The van der Waals surface area contributed by atoms with E-state index >= 15 is 0 Å². The molecule has 0 heterocycles. The summed E-state index contributed by atoms with van der Waals surface area (Å²) in [6.45, 7) is 2.22. The molecule has 1 saturated carbocycles. The van der Waals surface area contributed by atoms with E-state index in [4.69, 9.17) is 0 Å². The van der Waals surface area contributed by atoms with Gasteiger partial charge in [0, 0.05) is 12.8 Å². The summed E-state index contributed by atoms with van der Waals surface area (Å²) in [4.78, 5) is 11.4. The molecule has 0 aromatic heterocycles. The molecule has 0 saturated heterocycles. The fourth-order valence-electron chi connectivity index (χ4n) is 2.11. The Balaban J connectivity index is 2.29. The number of Topliss-reactive ketones (excluding diaryl/α,β-unsaturated/α-hetero) is 1. The summed E-state index contributed by atoms with van der Waals surface area (Å²) in [6.07, 6.45) is 10.7. The highest BCUT2D eigenvalue weighted by atomic mass is 16.1. The second-order valence-electron chi connectivity index (χ2n) is 4.51. The summed E-state index contributed by atoms with van der Waals surface area (Å²) >= 11 is 0. The second-order valence-corrected chi connectivity index (χ2v) is 4.51. The Morgan fingerprint density at radius 1 is 1.00 bits per heavy atom. The van der Waals surface area contributed by atoms with E-state index in [-0.39, 0.29) is 0 Å². The Hall–Kier alpha value is -0.330. The van der Waals surface area contributed by atoms with E-state index in [1.54, 1.807) is 0 Å². The Morgan fingerprint density at radius 3 is 2.38 bits per heavy atom. The molecule has 0 bridgehead atoms. The van der Waals surface area contributed by atoms with Crippen molar-refractivity contribution in [3.8, 4) is 0 Å². The van der Waals surface area contributed by atoms with E-state index in [0.717, 1.165) is 19.3 Å². The highest BCUT2D eigenvalue weighted by Gasteiger charge is 2.09. The molecule has 1 atom stereocenters. The van der Waals surface area contributed by atoms with Gasteiger partial charge < -0.3 is 0 Å². The van der Waals surface area contributed by atoms with Crippen molar-refractivity contribution in [3.63, 3.8) is 0 Å². The third kappa shape index (κ3) is 5.07. The molecule has 13 heavy (non-hydrogen) atoms. The normalized spacial score (nSPS) is 28.1. The zero-order valence-corrected chi connectivity index (χ0v) is 8.85. The van der Waals surface area contributed by atoms with Crippen LogP contribution in [0.15, 0.2) is 0 Å². The lowest BCUT2D eigenvalue weighted by Gasteiger charge is -2.08. The Morgan fingerprint density at radius 2 is 1.62 bits per heavy atom. The molecule has 0 amide bonds. The third-order valence-electron chi connectivity index (χ3n) is 2.98. The maximum Gasteiger partial charge on any atom is 0.133 e. The molecular formula is C12H22O. The largest absolute Gasteiger partial charge is 0.300 e. The summed E-state index contributed by atoms with van der Waals surface area (Å²) in [5, 5.41) is 0. The van der Waals surface area contributed by atoms with Crippen LogP contribution in [0.2, 0.25) is 0 Å². The lowest BCUT2D eigenvalue weighted by molar-refractivity contribution is -0.120. The van der Waals surface area contributed by atoms with Gasteiger partial charge in [-0.2, -0.15) is 0 Å². The standard InChI is InChI=1S/C12H22O/c1-11-8-6-4-2-3-5-7-9-12(13)10-11/h11H,2-10H2,1H3/t11-/m0/s1. The van der Waals surface area contributed by atoms with E-state index in [1.807, 2.05) is 0 Å². The molecule has 76 valence electrons. The van der Waals surface area contributed by atoms with Crippen molar-refractivity contribution < 1.29 is 4.79 Å². The molecule has 1 aliphatic rings. The smallest absolute Gasteiger partial charge is 0.133 e. The molecule has 0 unspecified atom stereocenters. The summed E-state index contributed by atoms with van der Waals surface area (Å²) < 4.78 is 0. The van der Waals surface area contributed by atoms with Gasteiger partial charge in [-0.05, 0) is 12.3 Å². The van der Waals surface area contributed by atoms with Gasteiger partial charge in [-0.25, -0.2) is 0 Å². The summed E-state index contributed by atoms with van der Waals surface area (Å²) in [7, 11) is 0. The van der Waals surface area contributed by atoms with Crippen LogP contribution in [0.5, 0.6) is 0 Å². The van der Waals surface area contributed by atoms with Gasteiger partial charge in [-0.15, -0.1) is 0 Å². The van der Waals surface area contributed by atoms with Crippen molar-refractivity contribution in [2.24, 2.45) is 5.92 Å². The topological polar surface area (TPSA) is 17.1 Å².